The molecule has 4 heterocycles. The SMILES string of the molecule is CC(=O)Cl.CC(C)(C)OC(=O)N1CCC(C(C)(C)N)CC1.CC=O.CCN(C(C)=O)C(C)(C)C1CCN(C(=O)OC(C)(C)C)CC1.CCN(C(C)=O)C(C)(C)C1CCNCC1.CCNC(C)(C)C1CCN(C(=O)OC(C)(C)C)CC1.Cl.Cl. The Balaban J connectivity index is -0.000000475. The summed E-state index contributed by atoms with van der Waals surface area (Å²) >= 11 is 4.64. The molecule has 0 radical (unpaired) electrons. The summed E-state index contributed by atoms with van der Waals surface area (Å²) < 4.78 is 16.2. The molecule has 5 amide bonds. The molecule has 0 bridgehead atoms. The number of nitrogens with two attached hydrogens (primary N) is 1. The largest absolute Gasteiger partial charge is 0.444 e. The maximum atomic E-state index is 12.1. The van der Waals surface area contributed by atoms with Crippen LogP contribution in [0.2, 0.25) is 0 Å². The fourth-order valence-corrected chi connectivity index (χ4v) is 11.0. The average molecular weight is 1230 g/mol. The molecule has 4 fully saturated rings. The van der Waals surface area contributed by atoms with Crippen molar-refractivity contribution in [2.24, 2.45) is 29.4 Å². The zero-order valence-electron chi connectivity index (χ0n) is 55.9. The van der Waals surface area contributed by atoms with Crippen molar-refractivity contribution in [1.82, 2.24) is 35.1 Å². The first-order valence-corrected chi connectivity index (χ1v) is 30.1. The van der Waals surface area contributed by atoms with E-state index in [9.17, 15) is 28.8 Å². The Labute approximate surface area is 516 Å². The maximum absolute atomic E-state index is 12.1. The predicted octanol–water partition coefficient (Wildman–Crippen LogP) is 12.1. The highest BCUT2D eigenvalue weighted by atomic mass is 35.5. The minimum absolute atomic E-state index is 0. The molecule has 82 heavy (non-hydrogen) atoms. The van der Waals surface area contributed by atoms with Gasteiger partial charge in [0.05, 0.1) is 0 Å². The molecule has 0 spiro atoms. The lowest BCUT2D eigenvalue weighted by Gasteiger charge is -2.46. The highest BCUT2D eigenvalue weighted by Gasteiger charge is 2.40. The quantitative estimate of drug-likeness (QED) is 0.106. The van der Waals surface area contributed by atoms with Crippen LogP contribution >= 0.6 is 36.4 Å². The van der Waals surface area contributed by atoms with Crippen LogP contribution < -0.4 is 16.4 Å². The molecule has 0 aromatic rings. The Morgan fingerprint density at radius 1 is 0.524 bits per heavy atom. The molecule has 0 saturated carbocycles. The van der Waals surface area contributed by atoms with Gasteiger partial charge in [0.25, 0.3) is 0 Å². The van der Waals surface area contributed by atoms with Crippen molar-refractivity contribution >= 4 is 78.0 Å². The van der Waals surface area contributed by atoms with Crippen molar-refractivity contribution in [2.45, 2.75) is 256 Å². The number of ether oxygens (including phenoxy) is 3. The third-order valence-electron chi connectivity index (χ3n) is 15.3. The third-order valence-corrected chi connectivity index (χ3v) is 15.3. The number of nitrogens with zero attached hydrogens (tertiary/aromatic N) is 5. The van der Waals surface area contributed by atoms with Crippen LogP contribution in [0.4, 0.5) is 14.4 Å². The second-order valence-corrected chi connectivity index (χ2v) is 27.4. The monoisotopic (exact) mass is 1230 g/mol. The minimum atomic E-state index is -0.457. The zero-order valence-corrected chi connectivity index (χ0v) is 58.3. The summed E-state index contributed by atoms with van der Waals surface area (Å²) in [7, 11) is 0. The Kier molecular flexibility index (Phi) is 40.4. The molecule has 0 aliphatic carbocycles. The molecular formula is C61H121Cl3N8O10. The molecule has 18 nitrogen and oxygen atoms in total. The lowest BCUT2D eigenvalue weighted by atomic mass is 9.79. The second kappa shape index (κ2) is 38.8. The Morgan fingerprint density at radius 3 is 0.988 bits per heavy atom. The van der Waals surface area contributed by atoms with Crippen molar-refractivity contribution in [1.29, 1.82) is 0 Å². The van der Waals surface area contributed by atoms with Crippen molar-refractivity contribution in [3.05, 3.63) is 0 Å². The summed E-state index contributed by atoms with van der Waals surface area (Å²) in [4.78, 5) is 86.7. The number of carbonyl (C=O) groups is 7. The van der Waals surface area contributed by atoms with Crippen LogP contribution in [-0.4, -0.2) is 177 Å². The van der Waals surface area contributed by atoms with E-state index in [0.717, 1.165) is 97.2 Å². The number of carbonyl (C=O) groups excluding carboxylic acids is 7. The highest BCUT2D eigenvalue weighted by Crippen LogP contribution is 2.35. The number of hydrogen-bond acceptors (Lipinski definition) is 13. The number of halogens is 3. The average Bonchev–Trinajstić information content (AvgIpc) is 3.31. The van der Waals surface area contributed by atoms with E-state index >= 15 is 0 Å². The van der Waals surface area contributed by atoms with Crippen LogP contribution in [0.5, 0.6) is 0 Å². The van der Waals surface area contributed by atoms with Crippen molar-refractivity contribution in [2.75, 3.05) is 72.0 Å². The summed E-state index contributed by atoms with van der Waals surface area (Å²) in [5.74, 6) is 2.44. The van der Waals surface area contributed by atoms with E-state index in [2.05, 4.69) is 91.5 Å². The van der Waals surface area contributed by atoms with E-state index in [1.807, 2.05) is 83.9 Å². The first-order chi connectivity index (χ1) is 36.4. The molecular weight excluding hydrogens is 1110 g/mol. The van der Waals surface area contributed by atoms with Gasteiger partial charge in [0, 0.05) is 95.3 Å². The molecule has 0 aromatic carbocycles. The van der Waals surface area contributed by atoms with Gasteiger partial charge < -0.3 is 59.9 Å². The highest BCUT2D eigenvalue weighted by molar-refractivity contribution is 6.62. The first kappa shape index (κ1) is 85.3. The van der Waals surface area contributed by atoms with Gasteiger partial charge in [-0.05, 0) is 245 Å². The number of piperidine rings is 4. The number of amides is 5. The molecule has 4 aliphatic heterocycles. The lowest BCUT2D eigenvalue weighted by molar-refractivity contribution is -0.137. The van der Waals surface area contributed by atoms with Gasteiger partial charge in [0.1, 0.15) is 23.1 Å². The van der Waals surface area contributed by atoms with Crippen LogP contribution in [0.3, 0.4) is 0 Å². The van der Waals surface area contributed by atoms with Gasteiger partial charge in [-0.1, -0.05) is 6.92 Å². The van der Waals surface area contributed by atoms with Gasteiger partial charge in [0.15, 0.2) is 0 Å². The smallest absolute Gasteiger partial charge is 0.410 e. The van der Waals surface area contributed by atoms with E-state index < -0.39 is 16.8 Å². The maximum Gasteiger partial charge on any atom is 0.410 e. The van der Waals surface area contributed by atoms with Crippen LogP contribution in [-0.2, 0) is 33.4 Å². The topological polar surface area (TPSA) is 213 Å². The molecule has 486 valence electrons. The fraction of sp³-hybridized carbons (Fsp3) is 0.885. The van der Waals surface area contributed by atoms with Crippen molar-refractivity contribution in [3.63, 3.8) is 0 Å². The van der Waals surface area contributed by atoms with Gasteiger partial charge in [-0.25, -0.2) is 14.4 Å². The summed E-state index contributed by atoms with van der Waals surface area (Å²) in [6.45, 7) is 55.7. The number of likely N-dealkylation sites (tertiary alicyclic amines) is 3. The molecule has 4 rings (SSSR count). The van der Waals surface area contributed by atoms with Gasteiger partial charge >= 0.3 is 18.3 Å². The predicted molar refractivity (Wildman–Crippen MR) is 340 cm³/mol. The van der Waals surface area contributed by atoms with Crippen LogP contribution in [0.15, 0.2) is 0 Å². The van der Waals surface area contributed by atoms with Gasteiger partial charge in [-0.3, -0.25) is 14.4 Å². The molecule has 4 aliphatic rings. The van der Waals surface area contributed by atoms with Gasteiger partial charge in [0.2, 0.25) is 17.1 Å². The zero-order chi connectivity index (χ0) is 62.8. The summed E-state index contributed by atoms with van der Waals surface area (Å²) in [5.41, 5.74) is 4.64. The number of nitrogens with one attached hydrogen (secondary N) is 2. The van der Waals surface area contributed by atoms with E-state index in [-0.39, 0.29) is 82.3 Å². The molecule has 4 N–H and O–H groups in total. The normalized spacial score (nSPS) is 16.9. The minimum Gasteiger partial charge on any atom is -0.444 e. The Hall–Kier alpha value is -3.16. The summed E-state index contributed by atoms with van der Waals surface area (Å²) in [6.07, 6.45) is 8.30. The van der Waals surface area contributed by atoms with Crippen LogP contribution in [0.25, 0.3) is 0 Å². The molecule has 0 unspecified atom stereocenters. The van der Waals surface area contributed by atoms with E-state index in [1.54, 1.807) is 23.6 Å². The van der Waals surface area contributed by atoms with Crippen LogP contribution in [0, 0.1) is 23.7 Å². The molecule has 21 heteroatoms. The molecule has 0 aromatic heterocycles. The van der Waals surface area contributed by atoms with Crippen molar-refractivity contribution in [3.8, 4) is 0 Å². The third kappa shape index (κ3) is 34.1. The van der Waals surface area contributed by atoms with Gasteiger partial charge in [-0.2, -0.15) is 0 Å². The number of rotatable bonds is 10. The number of aldehydes is 1. The Bertz CT molecular complexity index is 1850. The van der Waals surface area contributed by atoms with E-state index in [0.29, 0.717) is 43.3 Å². The molecule has 4 saturated heterocycles. The second-order valence-electron chi connectivity index (χ2n) is 26.9. The van der Waals surface area contributed by atoms with E-state index in [4.69, 9.17) is 24.7 Å². The summed E-state index contributed by atoms with van der Waals surface area (Å²) in [5, 5.41) is 6.55. The fourth-order valence-electron chi connectivity index (χ4n) is 11.0. The van der Waals surface area contributed by atoms with Gasteiger partial charge in [-0.15, -0.1) is 24.8 Å². The first-order valence-electron chi connectivity index (χ1n) is 29.7. The number of hydrogen-bond donors (Lipinski definition) is 3. The van der Waals surface area contributed by atoms with Crippen LogP contribution in [0.1, 0.15) is 218 Å². The summed E-state index contributed by atoms with van der Waals surface area (Å²) in [6, 6.07) is 0. The Morgan fingerprint density at radius 2 is 0.768 bits per heavy atom. The molecule has 0 atom stereocenters. The lowest BCUT2D eigenvalue weighted by Crippen LogP contribution is -2.55. The standard InChI is InChI=1S/C17H32N2O3.C15H30N2O2.C13H26N2O2.C12H24N2O.C2H3ClO.C2H4O.2ClH/c1-8-19(13(2)20)17(6,7)14-9-11-18(12-10-14)15(21)22-16(3,4)5;1-7-16-15(5,6)12-8-10-17(11-9-12)13(18)19-14(2,3)4;1-12(2,3)17-11(16)15-8-6-10(7-9-15)13(4,5)14;1-5-14(10(2)15)12(3,4)11-6-8-13-9-7-11;1-2(3)4;1-2-3;;/h14H,8-12H2,1-7H3;12,16H,7-11H2,1-6H3;10H,6-9,14H2,1-5H3;11,13H,5-9H2,1-4H3;1H3;2H,1H3;2*1H. The van der Waals surface area contributed by atoms with Crippen molar-refractivity contribution < 1.29 is 47.8 Å². The van der Waals surface area contributed by atoms with E-state index in [1.165, 1.54) is 26.7 Å².